The molecule has 2 heterocycles. The molecule has 2 aromatic rings. The molecule has 0 bridgehead atoms. The average Bonchev–Trinajstić information content (AvgIpc) is 3.02. The number of aromatic nitrogens is 2. The highest BCUT2D eigenvalue weighted by molar-refractivity contribution is 5.38. The Morgan fingerprint density at radius 1 is 1.21 bits per heavy atom. The van der Waals surface area contributed by atoms with E-state index in [9.17, 15) is 4.79 Å². The first kappa shape index (κ1) is 16.5. The monoisotopic (exact) mass is 329 g/mol. The number of benzene rings is 1. The third kappa shape index (κ3) is 3.76. The van der Waals surface area contributed by atoms with Crippen LogP contribution in [0.1, 0.15) is 29.4 Å². The van der Waals surface area contributed by atoms with Crippen LogP contribution in [-0.4, -0.2) is 42.2 Å². The van der Waals surface area contributed by atoms with Crippen molar-refractivity contribution in [1.29, 1.82) is 0 Å². The van der Waals surface area contributed by atoms with Gasteiger partial charge in [0.05, 0.1) is 19.9 Å². The number of aromatic amines is 1. The van der Waals surface area contributed by atoms with Gasteiger partial charge >= 0.3 is 0 Å². The van der Waals surface area contributed by atoms with Crippen LogP contribution in [0.4, 0.5) is 0 Å². The fourth-order valence-corrected chi connectivity index (χ4v) is 3.25. The lowest BCUT2D eigenvalue weighted by molar-refractivity contribution is 0.323. The number of H-pyrrole nitrogens is 1. The summed E-state index contributed by atoms with van der Waals surface area (Å²) in [6, 6.07) is 7.56. The van der Waals surface area contributed by atoms with Gasteiger partial charge in [-0.1, -0.05) is 0 Å². The van der Waals surface area contributed by atoms with Gasteiger partial charge in [-0.25, -0.2) is 4.98 Å². The van der Waals surface area contributed by atoms with E-state index in [-0.39, 0.29) is 5.56 Å². The predicted octanol–water partition coefficient (Wildman–Crippen LogP) is 2.09. The molecule has 1 N–H and O–H groups in total. The van der Waals surface area contributed by atoms with E-state index in [0.29, 0.717) is 11.7 Å². The van der Waals surface area contributed by atoms with E-state index >= 15 is 0 Å². The van der Waals surface area contributed by atoms with Crippen LogP contribution in [0, 0.1) is 6.92 Å². The number of methoxy groups -OCH3 is 2. The van der Waals surface area contributed by atoms with E-state index in [4.69, 9.17) is 9.47 Å². The lowest BCUT2D eigenvalue weighted by Gasteiger charge is -2.17. The maximum absolute atomic E-state index is 11.6. The van der Waals surface area contributed by atoms with Crippen LogP contribution >= 0.6 is 0 Å². The van der Waals surface area contributed by atoms with Crippen LogP contribution in [0.5, 0.6) is 11.5 Å². The fraction of sp³-hybridized carbons (Fsp3) is 0.444. The predicted molar refractivity (Wildman–Crippen MR) is 91.8 cm³/mol. The minimum absolute atomic E-state index is 0.0755. The second-order valence-corrected chi connectivity index (χ2v) is 6.20. The van der Waals surface area contributed by atoms with Crippen molar-refractivity contribution in [2.75, 3.05) is 27.3 Å². The second kappa shape index (κ2) is 7.05. The van der Waals surface area contributed by atoms with Gasteiger partial charge in [0, 0.05) is 31.1 Å². The van der Waals surface area contributed by atoms with Crippen LogP contribution in [0.2, 0.25) is 0 Å². The van der Waals surface area contributed by atoms with Crippen molar-refractivity contribution in [2.45, 2.75) is 25.8 Å². The van der Waals surface area contributed by atoms with Crippen LogP contribution in [0.15, 0.2) is 29.1 Å². The molecule has 1 unspecified atom stereocenters. The van der Waals surface area contributed by atoms with Crippen LogP contribution in [-0.2, 0) is 6.54 Å². The molecule has 1 aromatic heterocycles. The topological polar surface area (TPSA) is 67.5 Å². The Balaban J connectivity index is 1.71. The van der Waals surface area contributed by atoms with E-state index in [1.54, 1.807) is 20.3 Å². The van der Waals surface area contributed by atoms with Crippen molar-refractivity contribution in [3.05, 3.63) is 51.7 Å². The minimum atomic E-state index is -0.0755. The van der Waals surface area contributed by atoms with Gasteiger partial charge in [-0.2, -0.15) is 0 Å². The van der Waals surface area contributed by atoms with E-state index in [1.165, 1.54) is 0 Å². The zero-order valence-electron chi connectivity index (χ0n) is 14.3. The molecule has 1 saturated heterocycles. The second-order valence-electron chi connectivity index (χ2n) is 6.20. The van der Waals surface area contributed by atoms with Crippen molar-refractivity contribution >= 4 is 0 Å². The number of hydrogen-bond donors (Lipinski definition) is 1. The summed E-state index contributed by atoms with van der Waals surface area (Å²) in [5.74, 6) is 2.57. The number of rotatable bonds is 5. The maximum atomic E-state index is 11.6. The molecule has 128 valence electrons. The Hall–Kier alpha value is -2.34. The van der Waals surface area contributed by atoms with E-state index in [0.717, 1.165) is 48.8 Å². The zero-order chi connectivity index (χ0) is 17.1. The molecule has 0 amide bonds. The molecule has 1 aliphatic heterocycles. The highest BCUT2D eigenvalue weighted by Gasteiger charge is 2.25. The molecule has 1 fully saturated rings. The third-order valence-corrected chi connectivity index (χ3v) is 4.39. The summed E-state index contributed by atoms with van der Waals surface area (Å²) in [6.45, 7) is 4.53. The van der Waals surface area contributed by atoms with Gasteiger partial charge in [-0.05, 0) is 37.6 Å². The molecule has 1 atom stereocenters. The first-order valence-corrected chi connectivity index (χ1v) is 8.09. The summed E-state index contributed by atoms with van der Waals surface area (Å²) < 4.78 is 10.7. The molecule has 1 aliphatic rings. The summed E-state index contributed by atoms with van der Waals surface area (Å²) in [4.78, 5) is 21.2. The van der Waals surface area contributed by atoms with Gasteiger partial charge in [-0.15, -0.1) is 0 Å². The molecule has 6 heteroatoms. The fourth-order valence-electron chi connectivity index (χ4n) is 3.25. The van der Waals surface area contributed by atoms with Gasteiger partial charge in [0.2, 0.25) is 0 Å². The Bertz CT molecular complexity index is 750. The molecule has 3 rings (SSSR count). The van der Waals surface area contributed by atoms with Crippen LogP contribution < -0.4 is 15.0 Å². The first-order valence-electron chi connectivity index (χ1n) is 8.09. The smallest absolute Gasteiger partial charge is 0.251 e. The normalized spacial score (nSPS) is 17.9. The highest BCUT2D eigenvalue weighted by Crippen LogP contribution is 2.28. The zero-order valence-corrected chi connectivity index (χ0v) is 14.3. The SMILES string of the molecule is COc1cc(CN2CCC(c3cc(=O)[nH]c(C)n3)C2)cc(OC)c1. The highest BCUT2D eigenvalue weighted by atomic mass is 16.5. The molecule has 0 radical (unpaired) electrons. The van der Waals surface area contributed by atoms with Crippen molar-refractivity contribution in [3.63, 3.8) is 0 Å². The molecule has 1 aromatic carbocycles. The van der Waals surface area contributed by atoms with Gasteiger partial charge in [0.25, 0.3) is 5.56 Å². The Morgan fingerprint density at radius 3 is 2.54 bits per heavy atom. The maximum Gasteiger partial charge on any atom is 0.251 e. The summed E-state index contributed by atoms with van der Waals surface area (Å²) in [5, 5.41) is 0. The van der Waals surface area contributed by atoms with Crippen molar-refractivity contribution in [2.24, 2.45) is 0 Å². The lowest BCUT2D eigenvalue weighted by Crippen LogP contribution is -2.21. The summed E-state index contributed by atoms with van der Waals surface area (Å²) in [6.07, 6.45) is 1.01. The van der Waals surface area contributed by atoms with E-state index in [1.807, 2.05) is 25.1 Å². The largest absolute Gasteiger partial charge is 0.497 e. The van der Waals surface area contributed by atoms with Crippen LogP contribution in [0.3, 0.4) is 0 Å². The molecule has 6 nitrogen and oxygen atoms in total. The third-order valence-electron chi connectivity index (χ3n) is 4.39. The summed E-state index contributed by atoms with van der Waals surface area (Å²) in [7, 11) is 3.32. The Kier molecular flexibility index (Phi) is 4.85. The van der Waals surface area contributed by atoms with E-state index < -0.39 is 0 Å². The van der Waals surface area contributed by atoms with Gasteiger partial charge in [0.1, 0.15) is 17.3 Å². The van der Waals surface area contributed by atoms with E-state index in [2.05, 4.69) is 14.9 Å². The lowest BCUT2D eigenvalue weighted by atomic mass is 10.0. The van der Waals surface area contributed by atoms with Gasteiger partial charge in [0.15, 0.2) is 0 Å². The molecular weight excluding hydrogens is 306 g/mol. The standard InChI is InChI=1S/C18H23N3O3/c1-12-19-17(9-18(22)20-12)14-4-5-21(11-14)10-13-6-15(23-2)8-16(7-13)24-3/h6-9,14H,4-5,10-11H2,1-3H3,(H,19,20,22). The number of hydrogen-bond acceptors (Lipinski definition) is 5. The number of likely N-dealkylation sites (tertiary alicyclic amines) is 1. The average molecular weight is 329 g/mol. The van der Waals surface area contributed by atoms with Crippen molar-refractivity contribution in [3.8, 4) is 11.5 Å². The van der Waals surface area contributed by atoms with Crippen molar-refractivity contribution in [1.82, 2.24) is 14.9 Å². The molecule has 0 aliphatic carbocycles. The van der Waals surface area contributed by atoms with Crippen molar-refractivity contribution < 1.29 is 9.47 Å². The number of nitrogens with one attached hydrogen (secondary N) is 1. The molecule has 24 heavy (non-hydrogen) atoms. The Labute approximate surface area is 141 Å². The number of nitrogens with zero attached hydrogens (tertiary/aromatic N) is 2. The first-order chi connectivity index (χ1) is 11.6. The number of aryl methyl sites for hydroxylation is 1. The molecule has 0 saturated carbocycles. The Morgan fingerprint density at radius 2 is 1.92 bits per heavy atom. The number of ether oxygens (including phenoxy) is 2. The minimum Gasteiger partial charge on any atom is -0.497 e. The van der Waals surface area contributed by atoms with Gasteiger partial charge in [-0.3, -0.25) is 9.69 Å². The van der Waals surface area contributed by atoms with Crippen LogP contribution in [0.25, 0.3) is 0 Å². The molecule has 0 spiro atoms. The summed E-state index contributed by atoms with van der Waals surface area (Å²) in [5.41, 5.74) is 1.97. The van der Waals surface area contributed by atoms with Gasteiger partial charge < -0.3 is 14.5 Å². The molecular formula is C18H23N3O3. The summed E-state index contributed by atoms with van der Waals surface area (Å²) >= 11 is 0. The quantitative estimate of drug-likeness (QED) is 0.910.